The molecule has 0 bridgehead atoms. The van der Waals surface area contributed by atoms with E-state index in [1.54, 1.807) is 22.8 Å². The number of halogens is 1. The Bertz CT molecular complexity index is 830. The van der Waals surface area contributed by atoms with Crippen LogP contribution in [0.2, 0.25) is 0 Å². The maximum Gasteiger partial charge on any atom is 0.329 e. The van der Waals surface area contributed by atoms with E-state index in [0.717, 1.165) is 11.4 Å². The van der Waals surface area contributed by atoms with Gasteiger partial charge < -0.3 is 14.6 Å². The Balaban J connectivity index is 2.08. The highest BCUT2D eigenvalue weighted by Gasteiger charge is 2.13. The summed E-state index contributed by atoms with van der Waals surface area (Å²) in [5.74, 6) is -2.00. The molecule has 0 fully saturated rings. The standard InChI is InChI=1S/C18H21FN4O3/c1-12-10-14(11-21-22-18(25)17(24)20-8-9-26-3)13(2)23(12)16-7-5-4-6-15(16)19/h4-7,10-11H,8-9H2,1-3H3,(H,20,24)(H,22,25)/b21-11-. The minimum Gasteiger partial charge on any atom is -0.383 e. The highest BCUT2D eigenvalue weighted by atomic mass is 19.1. The lowest BCUT2D eigenvalue weighted by atomic mass is 10.2. The number of aromatic nitrogens is 1. The number of carbonyl (C=O) groups is 2. The first-order valence-corrected chi connectivity index (χ1v) is 7.99. The number of hydrogen-bond acceptors (Lipinski definition) is 4. The molecule has 2 rings (SSSR count). The first kappa shape index (κ1) is 19.3. The average Bonchev–Trinajstić information content (AvgIpc) is 2.89. The molecule has 2 aromatic rings. The monoisotopic (exact) mass is 360 g/mol. The predicted molar refractivity (Wildman–Crippen MR) is 95.8 cm³/mol. The minimum absolute atomic E-state index is 0.232. The van der Waals surface area contributed by atoms with E-state index in [9.17, 15) is 14.0 Å². The lowest BCUT2D eigenvalue weighted by molar-refractivity contribution is -0.139. The summed E-state index contributed by atoms with van der Waals surface area (Å²) >= 11 is 0. The molecule has 0 aliphatic heterocycles. The SMILES string of the molecule is COCCNC(=O)C(=O)N/N=C\c1cc(C)n(-c2ccccc2F)c1C. The number of rotatable bonds is 6. The van der Waals surface area contributed by atoms with Crippen molar-refractivity contribution in [2.45, 2.75) is 13.8 Å². The number of benzene rings is 1. The largest absolute Gasteiger partial charge is 0.383 e. The topological polar surface area (TPSA) is 84.7 Å². The van der Waals surface area contributed by atoms with E-state index < -0.39 is 11.8 Å². The number of methoxy groups -OCH3 is 1. The zero-order valence-electron chi connectivity index (χ0n) is 14.9. The fourth-order valence-electron chi connectivity index (χ4n) is 2.48. The van der Waals surface area contributed by atoms with Crippen LogP contribution in [-0.2, 0) is 14.3 Å². The van der Waals surface area contributed by atoms with Gasteiger partial charge in [0.25, 0.3) is 0 Å². The molecule has 2 N–H and O–H groups in total. The fourth-order valence-corrected chi connectivity index (χ4v) is 2.48. The van der Waals surface area contributed by atoms with Crippen LogP contribution in [0.3, 0.4) is 0 Å². The molecule has 8 heteroatoms. The number of nitrogens with zero attached hydrogens (tertiary/aromatic N) is 2. The molecule has 1 aromatic carbocycles. The molecular weight excluding hydrogens is 339 g/mol. The van der Waals surface area contributed by atoms with Crippen molar-refractivity contribution in [2.75, 3.05) is 20.3 Å². The molecule has 2 amide bonds. The zero-order valence-corrected chi connectivity index (χ0v) is 14.9. The van der Waals surface area contributed by atoms with Crippen molar-refractivity contribution in [3.8, 4) is 5.69 Å². The van der Waals surface area contributed by atoms with Gasteiger partial charge in [0, 0.05) is 30.6 Å². The van der Waals surface area contributed by atoms with E-state index in [1.165, 1.54) is 19.4 Å². The maximum absolute atomic E-state index is 14.1. The number of nitrogens with one attached hydrogen (secondary N) is 2. The van der Waals surface area contributed by atoms with Crippen molar-refractivity contribution < 1.29 is 18.7 Å². The molecule has 138 valence electrons. The predicted octanol–water partition coefficient (Wildman–Crippen LogP) is 1.45. The molecular formula is C18H21FN4O3. The third kappa shape index (κ3) is 4.54. The molecule has 0 saturated carbocycles. The van der Waals surface area contributed by atoms with Crippen molar-refractivity contribution in [1.82, 2.24) is 15.3 Å². The Labute approximate surface area is 150 Å². The second-order valence-electron chi connectivity index (χ2n) is 5.56. The van der Waals surface area contributed by atoms with Crippen LogP contribution in [0.15, 0.2) is 35.4 Å². The van der Waals surface area contributed by atoms with Crippen LogP contribution in [0.4, 0.5) is 4.39 Å². The lowest BCUT2D eigenvalue weighted by Crippen LogP contribution is -2.39. The number of ether oxygens (including phenoxy) is 1. The van der Waals surface area contributed by atoms with Crippen molar-refractivity contribution >= 4 is 18.0 Å². The van der Waals surface area contributed by atoms with Gasteiger partial charge in [0.05, 0.1) is 18.5 Å². The van der Waals surface area contributed by atoms with Gasteiger partial charge in [-0.1, -0.05) is 12.1 Å². The second kappa shape index (κ2) is 8.91. The van der Waals surface area contributed by atoms with Gasteiger partial charge in [-0.05, 0) is 32.0 Å². The van der Waals surface area contributed by atoms with Crippen molar-refractivity contribution in [1.29, 1.82) is 0 Å². The molecule has 1 heterocycles. The van der Waals surface area contributed by atoms with Gasteiger partial charge in [-0.2, -0.15) is 5.10 Å². The quantitative estimate of drug-likeness (QED) is 0.354. The van der Waals surface area contributed by atoms with Crippen LogP contribution in [0.5, 0.6) is 0 Å². The van der Waals surface area contributed by atoms with Crippen molar-refractivity contribution in [2.24, 2.45) is 5.10 Å². The smallest absolute Gasteiger partial charge is 0.329 e. The first-order valence-electron chi connectivity index (χ1n) is 7.99. The first-order chi connectivity index (χ1) is 12.5. The summed E-state index contributed by atoms with van der Waals surface area (Å²) in [5.41, 5.74) is 4.87. The summed E-state index contributed by atoms with van der Waals surface area (Å²) in [6, 6.07) is 8.28. The highest BCUT2D eigenvalue weighted by Crippen LogP contribution is 2.21. The summed E-state index contributed by atoms with van der Waals surface area (Å²) in [7, 11) is 1.49. The third-order valence-corrected chi connectivity index (χ3v) is 3.73. The molecule has 0 spiro atoms. The minimum atomic E-state index is -0.875. The van der Waals surface area contributed by atoms with Crippen LogP contribution in [0.1, 0.15) is 17.0 Å². The molecule has 7 nitrogen and oxygen atoms in total. The Morgan fingerprint density at radius 2 is 2.00 bits per heavy atom. The van der Waals surface area contributed by atoms with Crippen LogP contribution >= 0.6 is 0 Å². The maximum atomic E-state index is 14.1. The summed E-state index contributed by atoms with van der Waals surface area (Å²) in [6.45, 7) is 4.21. The molecule has 0 aliphatic rings. The van der Waals surface area contributed by atoms with Gasteiger partial charge in [-0.3, -0.25) is 9.59 Å². The van der Waals surface area contributed by atoms with Gasteiger partial charge in [0.1, 0.15) is 5.82 Å². The van der Waals surface area contributed by atoms with Crippen molar-refractivity contribution in [3.05, 3.63) is 53.1 Å². The normalized spacial score (nSPS) is 10.9. The second-order valence-corrected chi connectivity index (χ2v) is 5.56. The Morgan fingerprint density at radius 3 is 2.69 bits per heavy atom. The molecule has 0 unspecified atom stereocenters. The lowest BCUT2D eigenvalue weighted by Gasteiger charge is -2.10. The Hall–Kier alpha value is -3.00. The number of para-hydroxylation sites is 1. The van der Waals surface area contributed by atoms with Gasteiger partial charge in [0.15, 0.2) is 0 Å². The van der Waals surface area contributed by atoms with E-state index in [0.29, 0.717) is 17.9 Å². The van der Waals surface area contributed by atoms with E-state index in [-0.39, 0.29) is 12.4 Å². The molecule has 0 saturated heterocycles. The summed E-state index contributed by atoms with van der Waals surface area (Å²) in [4.78, 5) is 23.1. The Kier molecular flexibility index (Phi) is 6.62. The molecule has 1 aromatic heterocycles. The number of carbonyl (C=O) groups excluding carboxylic acids is 2. The Morgan fingerprint density at radius 1 is 1.27 bits per heavy atom. The highest BCUT2D eigenvalue weighted by molar-refractivity contribution is 6.35. The average molecular weight is 360 g/mol. The van der Waals surface area contributed by atoms with Gasteiger partial charge >= 0.3 is 11.8 Å². The van der Waals surface area contributed by atoms with Crippen LogP contribution in [0, 0.1) is 19.7 Å². The molecule has 26 heavy (non-hydrogen) atoms. The molecule has 0 atom stereocenters. The summed E-state index contributed by atoms with van der Waals surface area (Å²) < 4.78 is 20.6. The van der Waals surface area contributed by atoms with Gasteiger partial charge in [0.2, 0.25) is 0 Å². The van der Waals surface area contributed by atoms with E-state index in [2.05, 4.69) is 15.8 Å². The van der Waals surface area contributed by atoms with E-state index in [4.69, 9.17) is 4.74 Å². The molecule has 0 aliphatic carbocycles. The fraction of sp³-hybridized carbons (Fsp3) is 0.278. The van der Waals surface area contributed by atoms with Crippen LogP contribution in [0.25, 0.3) is 5.69 Å². The summed E-state index contributed by atoms with van der Waals surface area (Å²) in [6.07, 6.45) is 1.42. The van der Waals surface area contributed by atoms with E-state index in [1.807, 2.05) is 19.9 Å². The number of hydrazone groups is 1. The zero-order chi connectivity index (χ0) is 19.1. The number of hydrogen-bond donors (Lipinski definition) is 2. The van der Waals surface area contributed by atoms with Gasteiger partial charge in [-0.25, -0.2) is 9.82 Å². The summed E-state index contributed by atoms with van der Waals surface area (Å²) in [5, 5.41) is 6.19. The number of amides is 2. The number of aryl methyl sites for hydroxylation is 1. The molecule has 0 radical (unpaired) electrons. The van der Waals surface area contributed by atoms with E-state index >= 15 is 0 Å². The third-order valence-electron chi connectivity index (χ3n) is 3.73. The van der Waals surface area contributed by atoms with Crippen molar-refractivity contribution in [3.63, 3.8) is 0 Å². The van der Waals surface area contributed by atoms with Crippen LogP contribution in [-0.4, -0.2) is 42.9 Å². The van der Waals surface area contributed by atoms with Crippen LogP contribution < -0.4 is 10.7 Å². The van der Waals surface area contributed by atoms with Gasteiger partial charge in [-0.15, -0.1) is 0 Å².